The van der Waals surface area contributed by atoms with Crippen LogP contribution in [0.4, 0.5) is 4.39 Å². The van der Waals surface area contributed by atoms with Crippen molar-refractivity contribution in [2.75, 3.05) is 26.3 Å². The first-order valence-electron chi connectivity index (χ1n) is 21.4. The maximum atomic E-state index is 15.1. The molecule has 0 aromatic heterocycles. The summed E-state index contributed by atoms with van der Waals surface area (Å²) < 4.78 is 13.3. The van der Waals surface area contributed by atoms with Crippen molar-refractivity contribution in [3.8, 4) is 0 Å². The molecule has 0 bridgehead atoms. The van der Waals surface area contributed by atoms with Crippen molar-refractivity contribution >= 4 is 35.3 Å². The molecule has 6 aliphatic rings. The summed E-state index contributed by atoms with van der Waals surface area (Å²) in [6.45, 7) is 12.7. The number of amides is 5. The van der Waals surface area contributed by atoms with E-state index in [2.05, 4.69) is 35.1 Å². The van der Waals surface area contributed by atoms with Gasteiger partial charge in [0.15, 0.2) is 0 Å². The molecule has 0 aromatic rings. The molecule has 13 heteroatoms. The quantitative estimate of drug-likeness (QED) is 0.184. The Morgan fingerprint density at radius 1 is 0.818 bits per heavy atom. The maximum Gasteiger partial charge on any atom is 0.289 e. The highest BCUT2D eigenvalue weighted by Crippen LogP contribution is 2.88. The number of Topliss-reactive ketones (excluding diaryl/α,β-unsaturated/α-hetero) is 1. The molecule has 6 atom stereocenters. The van der Waals surface area contributed by atoms with E-state index in [9.17, 15) is 28.4 Å². The summed E-state index contributed by atoms with van der Waals surface area (Å²) in [5.74, 6) is -2.97. The Labute approximate surface area is 327 Å². The molecule has 4 saturated carbocycles. The number of ketones is 1. The first-order chi connectivity index (χ1) is 26.0. The van der Waals surface area contributed by atoms with Gasteiger partial charge in [-0.3, -0.25) is 33.7 Å². The van der Waals surface area contributed by atoms with Crippen molar-refractivity contribution < 1.29 is 33.2 Å². The Hall–Kier alpha value is -3.09. The molecule has 0 radical (unpaired) electrons. The molecule has 5 amide bonds. The van der Waals surface area contributed by atoms with E-state index in [1.54, 1.807) is 4.90 Å². The number of likely N-dealkylation sites (tertiary alicyclic amines) is 2. The van der Waals surface area contributed by atoms with E-state index in [1.807, 2.05) is 32.6 Å². The van der Waals surface area contributed by atoms with E-state index in [4.69, 9.17) is 0 Å². The predicted octanol–water partition coefficient (Wildman–Crippen LogP) is 3.95. The standard InChI is InChI=1S/C42H67FN6O6/c1-7-13-28(32(50)37(54)44-27-17-18-27)45-35(52)30-24-42(40(5,6)41(42)19-12-20-41)25-49(30)38(55)33(39(2,3)4)47-36(53)31(26-14-9-8-10-15-26)46-34(51)29-16-11-22-48(29)23-21-43/h26-31,33H,7-25H2,1-6H3,(H,44,54)(H,45,52)(H,46,51)(H,47,53)/t28-,29-,30-,31?,33+,42+/m0/s1. The van der Waals surface area contributed by atoms with Gasteiger partial charge in [-0.15, -0.1) is 0 Å². The molecule has 0 aromatic carbocycles. The zero-order chi connectivity index (χ0) is 39.9. The Balaban J connectivity index is 1.25. The van der Waals surface area contributed by atoms with Gasteiger partial charge >= 0.3 is 0 Å². The molecule has 2 saturated heterocycles. The van der Waals surface area contributed by atoms with Crippen LogP contribution >= 0.6 is 0 Å². The molecule has 12 nitrogen and oxygen atoms in total. The van der Waals surface area contributed by atoms with Crippen molar-refractivity contribution in [1.29, 1.82) is 0 Å². The monoisotopic (exact) mass is 771 g/mol. The van der Waals surface area contributed by atoms with Crippen molar-refractivity contribution in [2.24, 2.45) is 27.6 Å². The minimum absolute atomic E-state index is 0.00216. The van der Waals surface area contributed by atoms with E-state index in [0.717, 1.165) is 70.6 Å². The van der Waals surface area contributed by atoms with Gasteiger partial charge in [0.2, 0.25) is 29.4 Å². The lowest BCUT2D eigenvalue weighted by Gasteiger charge is -2.38. The third-order valence-corrected chi connectivity index (χ3v) is 14.9. The lowest BCUT2D eigenvalue weighted by Crippen LogP contribution is -2.62. The van der Waals surface area contributed by atoms with Gasteiger partial charge in [0.1, 0.15) is 24.8 Å². The van der Waals surface area contributed by atoms with Crippen molar-refractivity contribution in [3.05, 3.63) is 0 Å². The normalized spacial score (nSPS) is 28.9. The van der Waals surface area contributed by atoms with Gasteiger partial charge < -0.3 is 26.2 Å². The lowest BCUT2D eigenvalue weighted by atomic mass is 9.73. The van der Waals surface area contributed by atoms with Crippen LogP contribution in [0.15, 0.2) is 0 Å². The minimum atomic E-state index is -1.01. The second-order valence-corrected chi connectivity index (χ2v) is 19.4. The number of nitrogens with zero attached hydrogens (tertiary/aromatic N) is 2. The van der Waals surface area contributed by atoms with Gasteiger partial charge in [0.25, 0.3) is 5.91 Å². The number of hydrogen-bond donors (Lipinski definition) is 4. The first-order valence-corrected chi connectivity index (χ1v) is 21.4. The summed E-state index contributed by atoms with van der Waals surface area (Å²) in [6.07, 6.45) is 12.0. The number of rotatable bonds is 15. The fourth-order valence-electron chi connectivity index (χ4n) is 11.2. The number of fused-ring (bicyclic) bond motifs is 1. The van der Waals surface area contributed by atoms with Crippen LogP contribution in [0.1, 0.15) is 138 Å². The van der Waals surface area contributed by atoms with Crippen LogP contribution in [-0.2, 0) is 28.8 Å². The smallest absolute Gasteiger partial charge is 0.289 e. The highest BCUT2D eigenvalue weighted by molar-refractivity contribution is 6.38. The van der Waals surface area contributed by atoms with Gasteiger partial charge in [0.05, 0.1) is 12.1 Å². The number of carbonyl (C=O) groups is 6. The number of alkyl halides is 1. The fourth-order valence-corrected chi connectivity index (χ4v) is 11.2. The third kappa shape index (κ3) is 7.81. The van der Waals surface area contributed by atoms with Gasteiger partial charge in [-0.25, -0.2) is 4.39 Å². The summed E-state index contributed by atoms with van der Waals surface area (Å²) in [4.78, 5) is 87.4. The molecule has 55 heavy (non-hydrogen) atoms. The van der Waals surface area contributed by atoms with E-state index in [0.29, 0.717) is 38.8 Å². The largest absolute Gasteiger partial charge is 0.347 e. The number of halogens is 1. The van der Waals surface area contributed by atoms with Crippen LogP contribution in [-0.4, -0.2) is 108 Å². The molecule has 6 fully saturated rings. The first kappa shape index (κ1) is 41.5. The maximum absolute atomic E-state index is 15.1. The van der Waals surface area contributed by atoms with Crippen LogP contribution in [0.25, 0.3) is 0 Å². The van der Waals surface area contributed by atoms with E-state index >= 15 is 4.79 Å². The fraction of sp³-hybridized carbons (Fsp3) is 0.857. The Morgan fingerprint density at radius 3 is 2.05 bits per heavy atom. The summed E-state index contributed by atoms with van der Waals surface area (Å²) >= 11 is 0. The van der Waals surface area contributed by atoms with Gasteiger partial charge in [-0.2, -0.15) is 0 Å². The number of hydrogen-bond acceptors (Lipinski definition) is 7. The summed E-state index contributed by atoms with van der Waals surface area (Å²) in [7, 11) is 0. The van der Waals surface area contributed by atoms with Crippen LogP contribution in [0, 0.1) is 27.6 Å². The Morgan fingerprint density at radius 2 is 1.49 bits per heavy atom. The summed E-state index contributed by atoms with van der Waals surface area (Å²) in [5.41, 5.74) is -1.14. The molecule has 2 spiro atoms. The Bertz CT molecular complexity index is 1500. The summed E-state index contributed by atoms with van der Waals surface area (Å²) in [6, 6.07) is -4.26. The van der Waals surface area contributed by atoms with Crippen molar-refractivity contribution in [2.45, 2.75) is 174 Å². The average molecular weight is 771 g/mol. The summed E-state index contributed by atoms with van der Waals surface area (Å²) in [5, 5.41) is 11.8. The molecule has 2 aliphatic heterocycles. The molecular formula is C42H67FN6O6. The van der Waals surface area contributed by atoms with Crippen LogP contribution in [0.3, 0.4) is 0 Å². The minimum Gasteiger partial charge on any atom is -0.347 e. The third-order valence-electron chi connectivity index (χ3n) is 14.9. The van der Waals surface area contributed by atoms with Gasteiger partial charge in [-0.05, 0) is 92.9 Å². The molecule has 2 heterocycles. The van der Waals surface area contributed by atoms with Gasteiger partial charge in [-0.1, -0.05) is 73.6 Å². The van der Waals surface area contributed by atoms with E-state index in [1.165, 1.54) is 0 Å². The SMILES string of the molecule is CCC[C@H](NC(=O)[C@@H]1C[C@@]2(CN1C(=O)[C@@H](NC(=O)C(NC(=O)[C@@H]1CCCN1CCF)C1CCCCC1)C(C)(C)C)C(C)(C)C21CCC1)C(=O)C(=O)NC1CC1. The van der Waals surface area contributed by atoms with Crippen LogP contribution in [0.5, 0.6) is 0 Å². The van der Waals surface area contributed by atoms with Gasteiger partial charge in [0, 0.05) is 24.5 Å². The van der Waals surface area contributed by atoms with E-state index in [-0.39, 0.29) is 46.6 Å². The zero-order valence-corrected chi connectivity index (χ0v) is 34.2. The topological polar surface area (TPSA) is 157 Å². The predicted molar refractivity (Wildman–Crippen MR) is 206 cm³/mol. The van der Waals surface area contributed by atoms with Crippen molar-refractivity contribution in [1.82, 2.24) is 31.1 Å². The number of carbonyl (C=O) groups excluding carboxylic acids is 6. The highest BCUT2D eigenvalue weighted by Gasteiger charge is 2.85. The second-order valence-electron chi connectivity index (χ2n) is 19.4. The molecule has 1 unspecified atom stereocenters. The molecule has 4 N–H and O–H groups in total. The second kappa shape index (κ2) is 16.0. The Kier molecular flexibility index (Phi) is 12.1. The van der Waals surface area contributed by atoms with E-state index < -0.39 is 65.8 Å². The molecule has 6 rings (SSSR count). The number of nitrogens with one attached hydrogen (secondary N) is 4. The molecule has 308 valence electrons. The lowest BCUT2D eigenvalue weighted by molar-refractivity contribution is -0.145. The average Bonchev–Trinajstić information content (AvgIpc) is 3.82. The highest BCUT2D eigenvalue weighted by atomic mass is 19.1. The molecular weight excluding hydrogens is 703 g/mol. The van der Waals surface area contributed by atoms with Crippen LogP contribution < -0.4 is 21.3 Å². The zero-order valence-electron chi connectivity index (χ0n) is 34.2. The van der Waals surface area contributed by atoms with Crippen LogP contribution in [0.2, 0.25) is 0 Å². The molecule has 4 aliphatic carbocycles. The van der Waals surface area contributed by atoms with Crippen molar-refractivity contribution in [3.63, 3.8) is 0 Å².